The molecule has 2 heteroatoms. The highest BCUT2D eigenvalue weighted by atomic mass is 16.5. The van der Waals surface area contributed by atoms with Crippen molar-refractivity contribution in [1.82, 2.24) is 0 Å². The van der Waals surface area contributed by atoms with Gasteiger partial charge in [-0.25, -0.2) is 0 Å². The van der Waals surface area contributed by atoms with Gasteiger partial charge in [0.1, 0.15) is 5.75 Å². The van der Waals surface area contributed by atoms with E-state index >= 15 is 0 Å². The first kappa shape index (κ1) is 12.4. The fourth-order valence-electron chi connectivity index (χ4n) is 2.10. The molecule has 1 aliphatic rings. The predicted octanol–water partition coefficient (Wildman–Crippen LogP) is 3.06. The number of rotatable bonds is 6. The molecule has 0 radical (unpaired) electrons. The minimum atomic E-state index is 0.183. The lowest BCUT2D eigenvalue weighted by Crippen LogP contribution is -2.18. The molecule has 17 heavy (non-hydrogen) atoms. The largest absolute Gasteiger partial charge is 0.493 e. The Kier molecular flexibility index (Phi) is 4.06. The summed E-state index contributed by atoms with van der Waals surface area (Å²) in [7, 11) is 0. The van der Waals surface area contributed by atoms with E-state index in [-0.39, 0.29) is 6.04 Å². The Balaban J connectivity index is 1.96. The lowest BCUT2D eigenvalue weighted by Gasteiger charge is -2.14. The molecule has 0 amide bonds. The highest BCUT2D eigenvalue weighted by Crippen LogP contribution is 2.32. The van der Waals surface area contributed by atoms with Gasteiger partial charge in [-0.15, -0.1) is 0 Å². The van der Waals surface area contributed by atoms with Gasteiger partial charge in [0.25, 0.3) is 0 Å². The topological polar surface area (TPSA) is 35.2 Å². The summed E-state index contributed by atoms with van der Waals surface area (Å²) in [5.74, 6) is 1.95. The summed E-state index contributed by atoms with van der Waals surface area (Å²) in [6.07, 6.45) is 4.87. The Bertz CT molecular complexity index is 369. The summed E-state index contributed by atoms with van der Waals surface area (Å²) >= 11 is 0. The van der Waals surface area contributed by atoms with E-state index in [1.165, 1.54) is 30.4 Å². The molecule has 0 aromatic heterocycles. The van der Waals surface area contributed by atoms with Crippen LogP contribution in [0.15, 0.2) is 18.2 Å². The lowest BCUT2D eigenvalue weighted by atomic mass is 10.0. The van der Waals surface area contributed by atoms with E-state index in [4.69, 9.17) is 10.5 Å². The van der Waals surface area contributed by atoms with E-state index in [1.54, 1.807) is 0 Å². The Hall–Kier alpha value is -1.02. The SMILES string of the molecule is Cc1ccc(OCCC2CC2)c(CC(C)N)c1. The number of benzene rings is 1. The van der Waals surface area contributed by atoms with Gasteiger partial charge in [-0.2, -0.15) is 0 Å². The zero-order valence-corrected chi connectivity index (χ0v) is 10.9. The van der Waals surface area contributed by atoms with Crippen LogP contribution in [0.3, 0.4) is 0 Å². The van der Waals surface area contributed by atoms with Crippen LogP contribution < -0.4 is 10.5 Å². The molecule has 1 unspecified atom stereocenters. The average molecular weight is 233 g/mol. The van der Waals surface area contributed by atoms with E-state index in [0.717, 1.165) is 24.7 Å². The van der Waals surface area contributed by atoms with Crippen molar-refractivity contribution in [3.8, 4) is 5.75 Å². The number of hydrogen-bond acceptors (Lipinski definition) is 2. The quantitative estimate of drug-likeness (QED) is 0.819. The van der Waals surface area contributed by atoms with Crippen molar-refractivity contribution in [1.29, 1.82) is 0 Å². The van der Waals surface area contributed by atoms with Crippen LogP contribution in [0, 0.1) is 12.8 Å². The maximum Gasteiger partial charge on any atom is 0.122 e. The molecule has 0 heterocycles. The van der Waals surface area contributed by atoms with E-state index in [0.29, 0.717) is 0 Å². The first-order valence-corrected chi connectivity index (χ1v) is 6.63. The van der Waals surface area contributed by atoms with Crippen LogP contribution in [0.4, 0.5) is 0 Å². The van der Waals surface area contributed by atoms with Crippen LogP contribution >= 0.6 is 0 Å². The molecule has 0 spiro atoms. The van der Waals surface area contributed by atoms with E-state index in [1.807, 2.05) is 6.92 Å². The summed E-state index contributed by atoms with van der Waals surface area (Å²) in [4.78, 5) is 0. The first-order valence-electron chi connectivity index (χ1n) is 6.63. The fraction of sp³-hybridized carbons (Fsp3) is 0.600. The third-order valence-corrected chi connectivity index (χ3v) is 3.24. The van der Waals surface area contributed by atoms with Crippen LogP contribution in [0.1, 0.15) is 37.3 Å². The number of ether oxygens (including phenoxy) is 1. The van der Waals surface area contributed by atoms with Crippen LogP contribution in [-0.2, 0) is 6.42 Å². The summed E-state index contributed by atoms with van der Waals surface area (Å²) in [5, 5.41) is 0. The van der Waals surface area contributed by atoms with Gasteiger partial charge in [0.2, 0.25) is 0 Å². The van der Waals surface area contributed by atoms with Crippen molar-refractivity contribution >= 4 is 0 Å². The van der Waals surface area contributed by atoms with Crippen LogP contribution in [-0.4, -0.2) is 12.6 Å². The minimum Gasteiger partial charge on any atom is -0.493 e. The molecular weight excluding hydrogens is 210 g/mol. The Morgan fingerprint density at radius 3 is 2.82 bits per heavy atom. The second kappa shape index (κ2) is 5.54. The van der Waals surface area contributed by atoms with Crippen molar-refractivity contribution < 1.29 is 4.74 Å². The Labute approximate surface area is 104 Å². The van der Waals surface area contributed by atoms with Crippen molar-refractivity contribution in [3.63, 3.8) is 0 Å². The second-order valence-electron chi connectivity index (χ2n) is 5.37. The van der Waals surface area contributed by atoms with Gasteiger partial charge in [0.15, 0.2) is 0 Å². The molecule has 1 aromatic rings. The smallest absolute Gasteiger partial charge is 0.122 e. The van der Waals surface area contributed by atoms with Crippen molar-refractivity contribution in [2.24, 2.45) is 11.7 Å². The zero-order valence-electron chi connectivity index (χ0n) is 10.9. The third kappa shape index (κ3) is 4.04. The van der Waals surface area contributed by atoms with Gasteiger partial charge in [0.05, 0.1) is 6.61 Å². The molecule has 1 fully saturated rings. The number of aryl methyl sites for hydroxylation is 1. The van der Waals surface area contributed by atoms with Crippen molar-refractivity contribution in [2.75, 3.05) is 6.61 Å². The molecule has 1 aliphatic carbocycles. The van der Waals surface area contributed by atoms with E-state index in [9.17, 15) is 0 Å². The minimum absolute atomic E-state index is 0.183. The third-order valence-electron chi connectivity index (χ3n) is 3.24. The van der Waals surface area contributed by atoms with Gasteiger partial charge in [-0.1, -0.05) is 30.5 Å². The molecule has 1 aromatic carbocycles. The van der Waals surface area contributed by atoms with Crippen LogP contribution in [0.25, 0.3) is 0 Å². The molecule has 2 N–H and O–H groups in total. The van der Waals surface area contributed by atoms with Crippen molar-refractivity contribution in [2.45, 2.75) is 45.6 Å². The number of nitrogens with two attached hydrogens (primary N) is 1. The molecule has 2 nitrogen and oxygen atoms in total. The average Bonchev–Trinajstić information content (AvgIpc) is 3.04. The summed E-state index contributed by atoms with van der Waals surface area (Å²) < 4.78 is 5.89. The van der Waals surface area contributed by atoms with Crippen LogP contribution in [0.5, 0.6) is 5.75 Å². The molecule has 0 saturated heterocycles. The molecule has 0 aliphatic heterocycles. The summed E-state index contributed by atoms with van der Waals surface area (Å²) in [6.45, 7) is 4.99. The molecular formula is C15H23NO. The lowest BCUT2D eigenvalue weighted by molar-refractivity contribution is 0.299. The van der Waals surface area contributed by atoms with E-state index < -0.39 is 0 Å². The summed E-state index contributed by atoms with van der Waals surface area (Å²) in [5.41, 5.74) is 8.39. The zero-order chi connectivity index (χ0) is 12.3. The molecule has 1 saturated carbocycles. The standard InChI is InChI=1S/C15H23NO/c1-11-3-6-15(14(9-11)10-12(2)16)17-8-7-13-4-5-13/h3,6,9,12-13H,4-5,7-8,10,16H2,1-2H3. The fourth-order valence-corrected chi connectivity index (χ4v) is 2.10. The van der Waals surface area contributed by atoms with Gasteiger partial charge in [0, 0.05) is 6.04 Å². The molecule has 1 atom stereocenters. The highest BCUT2D eigenvalue weighted by Gasteiger charge is 2.20. The molecule has 0 bridgehead atoms. The van der Waals surface area contributed by atoms with Crippen molar-refractivity contribution in [3.05, 3.63) is 29.3 Å². The summed E-state index contributed by atoms with van der Waals surface area (Å²) in [6, 6.07) is 6.56. The van der Waals surface area contributed by atoms with Gasteiger partial charge >= 0.3 is 0 Å². The van der Waals surface area contributed by atoms with Gasteiger partial charge in [-0.3, -0.25) is 0 Å². The molecule has 2 rings (SSSR count). The van der Waals surface area contributed by atoms with Crippen LogP contribution in [0.2, 0.25) is 0 Å². The predicted molar refractivity (Wildman–Crippen MR) is 71.4 cm³/mol. The normalized spacial score (nSPS) is 16.9. The van der Waals surface area contributed by atoms with Gasteiger partial charge < -0.3 is 10.5 Å². The Morgan fingerprint density at radius 2 is 2.18 bits per heavy atom. The Morgan fingerprint density at radius 1 is 1.41 bits per heavy atom. The van der Waals surface area contributed by atoms with Gasteiger partial charge in [-0.05, 0) is 44.2 Å². The highest BCUT2D eigenvalue weighted by molar-refractivity contribution is 5.37. The second-order valence-corrected chi connectivity index (χ2v) is 5.37. The monoisotopic (exact) mass is 233 g/mol. The number of hydrogen-bond donors (Lipinski definition) is 1. The maximum absolute atomic E-state index is 5.89. The maximum atomic E-state index is 5.89. The van der Waals surface area contributed by atoms with E-state index in [2.05, 4.69) is 25.1 Å². The molecule has 94 valence electrons. The first-order chi connectivity index (χ1) is 8.15.